The minimum absolute atomic E-state index is 0.342. The molecule has 1 heterocycles. The molecule has 0 fully saturated rings. The van der Waals surface area contributed by atoms with Crippen molar-refractivity contribution in [3.63, 3.8) is 0 Å². The number of hydrazine groups is 1. The Hall–Kier alpha value is -3.13. The standard InChI is InChI=1S/C19H19N5O2S/c1-12-8-10-14(11-9-12)16-20-19(24-21-16)27-13(2)17(25)22-23-18(26)15-6-4-3-5-7-15/h3-11,13H,1-2H3,(H,22,25)(H,23,26)(H,20,21,24)/t13-/m1/s1. The van der Waals surface area contributed by atoms with Crippen LogP contribution in [-0.4, -0.2) is 32.2 Å². The van der Waals surface area contributed by atoms with Crippen LogP contribution < -0.4 is 10.9 Å². The first-order valence-corrected chi connectivity index (χ1v) is 9.22. The topological polar surface area (TPSA) is 99.8 Å². The smallest absolute Gasteiger partial charge is 0.269 e. The summed E-state index contributed by atoms with van der Waals surface area (Å²) >= 11 is 1.20. The molecule has 0 aliphatic rings. The Balaban J connectivity index is 1.54. The van der Waals surface area contributed by atoms with Crippen molar-refractivity contribution in [2.24, 2.45) is 0 Å². The van der Waals surface area contributed by atoms with Gasteiger partial charge in [0.05, 0.1) is 5.25 Å². The van der Waals surface area contributed by atoms with E-state index in [1.165, 1.54) is 11.8 Å². The lowest BCUT2D eigenvalue weighted by Crippen LogP contribution is -2.44. The second kappa shape index (κ2) is 8.50. The van der Waals surface area contributed by atoms with E-state index in [2.05, 4.69) is 26.0 Å². The van der Waals surface area contributed by atoms with Crippen LogP contribution in [0.3, 0.4) is 0 Å². The summed E-state index contributed by atoms with van der Waals surface area (Å²) < 4.78 is 0. The maximum absolute atomic E-state index is 12.2. The first-order valence-electron chi connectivity index (χ1n) is 8.34. The van der Waals surface area contributed by atoms with Crippen LogP contribution in [0.15, 0.2) is 59.8 Å². The molecule has 0 spiro atoms. The molecule has 0 saturated heterocycles. The molecule has 0 saturated carbocycles. The van der Waals surface area contributed by atoms with E-state index in [-0.39, 0.29) is 11.8 Å². The summed E-state index contributed by atoms with van der Waals surface area (Å²) in [4.78, 5) is 28.5. The summed E-state index contributed by atoms with van der Waals surface area (Å²) in [5.74, 6) is -0.0749. The number of rotatable bonds is 5. The quantitative estimate of drug-likeness (QED) is 0.466. The van der Waals surface area contributed by atoms with Gasteiger partial charge in [-0.05, 0) is 26.0 Å². The van der Waals surface area contributed by atoms with E-state index in [1.54, 1.807) is 31.2 Å². The average molecular weight is 381 g/mol. The predicted molar refractivity (Wildman–Crippen MR) is 104 cm³/mol. The fourth-order valence-electron chi connectivity index (χ4n) is 2.23. The van der Waals surface area contributed by atoms with Gasteiger partial charge in [-0.2, -0.15) is 0 Å². The van der Waals surface area contributed by atoms with Gasteiger partial charge in [-0.25, -0.2) is 4.98 Å². The van der Waals surface area contributed by atoms with E-state index in [1.807, 2.05) is 37.3 Å². The molecule has 27 heavy (non-hydrogen) atoms. The number of aromatic amines is 1. The van der Waals surface area contributed by atoms with Gasteiger partial charge >= 0.3 is 0 Å². The fraction of sp³-hybridized carbons (Fsp3) is 0.158. The highest BCUT2D eigenvalue weighted by atomic mass is 32.2. The van der Waals surface area contributed by atoms with Gasteiger partial charge < -0.3 is 0 Å². The molecule has 0 radical (unpaired) electrons. The number of nitrogens with one attached hydrogen (secondary N) is 3. The van der Waals surface area contributed by atoms with Gasteiger partial charge in [-0.3, -0.25) is 25.5 Å². The molecule has 3 N–H and O–H groups in total. The normalized spacial score (nSPS) is 11.6. The minimum atomic E-state index is -0.484. The highest BCUT2D eigenvalue weighted by Crippen LogP contribution is 2.22. The number of carbonyl (C=O) groups is 2. The summed E-state index contributed by atoms with van der Waals surface area (Å²) in [5, 5.41) is 6.99. The van der Waals surface area contributed by atoms with E-state index in [0.717, 1.165) is 11.1 Å². The summed E-state index contributed by atoms with van der Waals surface area (Å²) in [5.41, 5.74) is 7.38. The molecule has 2 amide bonds. The fourth-order valence-corrected chi connectivity index (χ4v) is 2.96. The first-order chi connectivity index (χ1) is 13.0. The van der Waals surface area contributed by atoms with Gasteiger partial charge in [-0.1, -0.05) is 59.8 Å². The van der Waals surface area contributed by atoms with Crippen molar-refractivity contribution < 1.29 is 9.59 Å². The van der Waals surface area contributed by atoms with Crippen molar-refractivity contribution in [3.05, 3.63) is 65.7 Å². The van der Waals surface area contributed by atoms with Crippen LogP contribution in [0.2, 0.25) is 0 Å². The zero-order valence-corrected chi connectivity index (χ0v) is 15.7. The Morgan fingerprint density at radius 3 is 2.44 bits per heavy atom. The number of carbonyl (C=O) groups excluding carboxylic acids is 2. The number of thioether (sulfide) groups is 1. The largest absolute Gasteiger partial charge is 0.272 e. The van der Waals surface area contributed by atoms with Crippen LogP contribution in [0.5, 0.6) is 0 Å². The molecule has 3 rings (SSSR count). The average Bonchev–Trinajstić information content (AvgIpc) is 3.15. The van der Waals surface area contributed by atoms with Crippen LogP contribution in [0.4, 0.5) is 0 Å². The highest BCUT2D eigenvalue weighted by molar-refractivity contribution is 8.00. The second-order valence-electron chi connectivity index (χ2n) is 5.90. The van der Waals surface area contributed by atoms with Crippen molar-refractivity contribution in [2.45, 2.75) is 24.3 Å². The van der Waals surface area contributed by atoms with Crippen molar-refractivity contribution >= 4 is 23.6 Å². The zero-order chi connectivity index (χ0) is 19.2. The van der Waals surface area contributed by atoms with Crippen LogP contribution >= 0.6 is 11.8 Å². The minimum Gasteiger partial charge on any atom is -0.272 e. The van der Waals surface area contributed by atoms with Gasteiger partial charge in [0.25, 0.3) is 11.8 Å². The van der Waals surface area contributed by atoms with Crippen LogP contribution in [0.25, 0.3) is 11.4 Å². The lowest BCUT2D eigenvalue weighted by molar-refractivity contribution is -0.121. The van der Waals surface area contributed by atoms with Crippen LogP contribution in [0.1, 0.15) is 22.8 Å². The van der Waals surface area contributed by atoms with E-state index < -0.39 is 5.25 Å². The van der Waals surface area contributed by atoms with Crippen molar-refractivity contribution in [1.82, 2.24) is 26.0 Å². The number of amides is 2. The van der Waals surface area contributed by atoms with Crippen LogP contribution in [0, 0.1) is 6.92 Å². The lowest BCUT2D eigenvalue weighted by atomic mass is 10.1. The monoisotopic (exact) mass is 381 g/mol. The first kappa shape index (κ1) is 18.7. The van der Waals surface area contributed by atoms with E-state index >= 15 is 0 Å². The number of benzene rings is 2. The third kappa shape index (κ3) is 4.95. The molecular formula is C19H19N5O2S. The predicted octanol–water partition coefficient (Wildman–Crippen LogP) is 2.72. The molecule has 8 heteroatoms. The maximum atomic E-state index is 12.2. The number of hydrogen-bond acceptors (Lipinski definition) is 5. The molecule has 2 aromatic carbocycles. The van der Waals surface area contributed by atoms with E-state index in [0.29, 0.717) is 16.5 Å². The molecule has 3 aromatic rings. The molecule has 1 aromatic heterocycles. The molecule has 0 aliphatic carbocycles. The molecule has 0 bridgehead atoms. The highest BCUT2D eigenvalue weighted by Gasteiger charge is 2.18. The summed E-state index contributed by atoms with van der Waals surface area (Å²) in [6.45, 7) is 3.74. The Bertz CT molecular complexity index is 925. The van der Waals surface area contributed by atoms with Crippen molar-refractivity contribution in [3.8, 4) is 11.4 Å². The second-order valence-corrected chi connectivity index (χ2v) is 7.21. The number of nitrogens with zero attached hydrogens (tertiary/aromatic N) is 2. The third-order valence-corrected chi connectivity index (χ3v) is 4.74. The number of aromatic nitrogens is 3. The lowest BCUT2D eigenvalue weighted by Gasteiger charge is -2.11. The van der Waals surface area contributed by atoms with Gasteiger partial charge in [0.2, 0.25) is 5.16 Å². The SMILES string of the molecule is Cc1ccc(-c2nc(S[C@H](C)C(=O)NNC(=O)c3ccccc3)n[nH]2)cc1. The van der Waals surface area contributed by atoms with Crippen LogP contribution in [-0.2, 0) is 4.79 Å². The third-order valence-electron chi connectivity index (χ3n) is 3.78. The Kier molecular flexibility index (Phi) is 5.87. The zero-order valence-electron chi connectivity index (χ0n) is 14.9. The Morgan fingerprint density at radius 2 is 1.74 bits per heavy atom. The van der Waals surface area contributed by atoms with E-state index in [4.69, 9.17) is 0 Å². The molecule has 1 atom stereocenters. The summed E-state index contributed by atoms with van der Waals surface area (Å²) in [7, 11) is 0. The number of aryl methyl sites for hydroxylation is 1. The van der Waals surface area contributed by atoms with Crippen molar-refractivity contribution in [1.29, 1.82) is 0 Å². The van der Waals surface area contributed by atoms with Gasteiger partial charge in [0.1, 0.15) is 0 Å². The van der Waals surface area contributed by atoms with Crippen molar-refractivity contribution in [2.75, 3.05) is 0 Å². The van der Waals surface area contributed by atoms with Gasteiger partial charge in [-0.15, -0.1) is 5.10 Å². The maximum Gasteiger partial charge on any atom is 0.269 e. The molecule has 138 valence electrons. The van der Waals surface area contributed by atoms with E-state index in [9.17, 15) is 9.59 Å². The summed E-state index contributed by atoms with van der Waals surface area (Å²) in [6.07, 6.45) is 0. The summed E-state index contributed by atoms with van der Waals surface area (Å²) in [6, 6.07) is 16.6. The number of hydrogen-bond donors (Lipinski definition) is 3. The number of H-pyrrole nitrogens is 1. The Labute approximate surface area is 161 Å². The molecule has 7 nitrogen and oxygen atoms in total. The van der Waals surface area contributed by atoms with Gasteiger partial charge in [0.15, 0.2) is 5.82 Å². The Morgan fingerprint density at radius 1 is 1.04 bits per heavy atom. The molecular weight excluding hydrogens is 362 g/mol. The van der Waals surface area contributed by atoms with Gasteiger partial charge in [0, 0.05) is 11.1 Å². The molecule has 0 aliphatic heterocycles. The molecule has 0 unspecified atom stereocenters.